The zero-order chi connectivity index (χ0) is 23.5. The van der Waals surface area contributed by atoms with Crippen molar-refractivity contribution in [3.8, 4) is 0 Å². The Hall–Kier alpha value is -3.43. The molecule has 9 heteroatoms. The third-order valence-electron chi connectivity index (χ3n) is 5.79. The summed E-state index contributed by atoms with van der Waals surface area (Å²) in [4.78, 5) is 31.1. The number of amidine groups is 1. The van der Waals surface area contributed by atoms with E-state index in [2.05, 4.69) is 27.0 Å². The van der Waals surface area contributed by atoms with Gasteiger partial charge in [0.25, 0.3) is 0 Å². The minimum Gasteiger partial charge on any atom is -0.399 e. The van der Waals surface area contributed by atoms with Crippen LogP contribution in [0.2, 0.25) is 0 Å². The predicted octanol–water partition coefficient (Wildman–Crippen LogP) is 3.71. The maximum absolute atomic E-state index is 13.4. The zero-order valence-electron chi connectivity index (χ0n) is 18.9. The van der Waals surface area contributed by atoms with Crippen molar-refractivity contribution in [3.05, 3.63) is 77.9 Å². The molecule has 1 unspecified atom stereocenters. The van der Waals surface area contributed by atoms with Gasteiger partial charge in [0.2, 0.25) is 5.91 Å². The molecule has 2 aliphatic heterocycles. The van der Waals surface area contributed by atoms with E-state index in [1.165, 1.54) is 11.8 Å². The number of nitrogen functional groups attached to an aromatic ring is 1. The van der Waals surface area contributed by atoms with Crippen LogP contribution in [0.1, 0.15) is 22.2 Å². The monoisotopic (exact) mass is 474 g/mol. The summed E-state index contributed by atoms with van der Waals surface area (Å²) in [6.45, 7) is 5.45. The summed E-state index contributed by atoms with van der Waals surface area (Å²) in [5.41, 5.74) is 10.9. The van der Waals surface area contributed by atoms with E-state index in [1.54, 1.807) is 17.3 Å². The van der Waals surface area contributed by atoms with E-state index in [0.717, 1.165) is 48.9 Å². The van der Waals surface area contributed by atoms with Crippen molar-refractivity contribution in [1.29, 1.82) is 0 Å². The summed E-state index contributed by atoms with van der Waals surface area (Å²) in [5.74, 6) is -0.0270. The number of morpholine rings is 1. The number of nitrogens with two attached hydrogens (primary N) is 1. The molecule has 1 aromatic heterocycles. The number of carbonyl (C=O) groups excluding carboxylic acids is 1. The second kappa shape index (κ2) is 9.82. The van der Waals surface area contributed by atoms with Gasteiger partial charge in [-0.3, -0.25) is 19.7 Å². The summed E-state index contributed by atoms with van der Waals surface area (Å²) >= 11 is 1.45. The van der Waals surface area contributed by atoms with E-state index in [0.29, 0.717) is 23.1 Å². The number of rotatable bonds is 5. The van der Waals surface area contributed by atoms with E-state index in [4.69, 9.17) is 15.5 Å². The Morgan fingerprint density at radius 2 is 1.79 bits per heavy atom. The molecule has 5 rings (SSSR count). The second-order valence-electron chi connectivity index (χ2n) is 8.25. The number of hydrogen-bond donors (Lipinski definition) is 1. The molecular formula is C25H26N6O2S. The molecule has 2 fully saturated rings. The summed E-state index contributed by atoms with van der Waals surface area (Å²) in [5, 5.41) is 0.263. The number of amides is 1. The lowest BCUT2D eigenvalue weighted by molar-refractivity contribution is -0.126. The molecule has 2 N–H and O–H groups in total. The first-order chi connectivity index (χ1) is 16.6. The summed E-state index contributed by atoms with van der Waals surface area (Å²) in [7, 11) is 0. The van der Waals surface area contributed by atoms with E-state index in [-0.39, 0.29) is 11.2 Å². The number of nitrogens with zero attached hydrogens (tertiary/aromatic N) is 5. The van der Waals surface area contributed by atoms with Crippen molar-refractivity contribution in [2.24, 2.45) is 4.99 Å². The Morgan fingerprint density at radius 3 is 2.47 bits per heavy atom. The molecule has 3 heterocycles. The molecule has 0 bridgehead atoms. The molecule has 34 heavy (non-hydrogen) atoms. The number of ether oxygens (including phenoxy) is 1. The average Bonchev–Trinajstić information content (AvgIpc) is 3.17. The molecule has 8 nitrogen and oxygen atoms in total. The quantitative estimate of drug-likeness (QED) is 0.563. The maximum Gasteiger partial charge on any atom is 0.247 e. The van der Waals surface area contributed by atoms with E-state index >= 15 is 0 Å². The average molecular weight is 475 g/mol. The van der Waals surface area contributed by atoms with Gasteiger partial charge >= 0.3 is 0 Å². The molecule has 0 radical (unpaired) electrons. The van der Waals surface area contributed by atoms with Crippen LogP contribution in [0.15, 0.2) is 65.9 Å². The minimum atomic E-state index is -0.384. The van der Waals surface area contributed by atoms with Crippen LogP contribution in [-0.2, 0) is 16.1 Å². The number of aliphatic imine (C=N–C) groups is 1. The lowest BCUT2D eigenvalue weighted by Crippen LogP contribution is -2.36. The number of anilines is 2. The van der Waals surface area contributed by atoms with Crippen molar-refractivity contribution in [2.75, 3.05) is 36.9 Å². The lowest BCUT2D eigenvalue weighted by atomic mass is 10.1. The van der Waals surface area contributed by atoms with E-state index in [1.807, 2.05) is 43.3 Å². The van der Waals surface area contributed by atoms with Crippen LogP contribution in [0.5, 0.6) is 0 Å². The number of thioether (sulfide) groups is 1. The highest BCUT2D eigenvalue weighted by atomic mass is 32.2. The van der Waals surface area contributed by atoms with Crippen LogP contribution < -0.4 is 10.6 Å². The van der Waals surface area contributed by atoms with Crippen LogP contribution >= 0.6 is 11.8 Å². The SMILES string of the molecule is Cc1cnc(CN2C(=O)C(c3ccc(N)cc3)S/C2=N/c2ccc(N3CCOCC3)cc2)cn1. The van der Waals surface area contributed by atoms with Crippen molar-refractivity contribution in [2.45, 2.75) is 18.7 Å². The largest absolute Gasteiger partial charge is 0.399 e. The third-order valence-corrected chi connectivity index (χ3v) is 7.02. The molecule has 1 amide bonds. The maximum atomic E-state index is 13.4. The second-order valence-corrected chi connectivity index (χ2v) is 9.32. The molecule has 2 aliphatic rings. The molecule has 3 aromatic rings. The van der Waals surface area contributed by atoms with Crippen LogP contribution in [-0.4, -0.2) is 52.2 Å². The number of hydrogen-bond acceptors (Lipinski definition) is 8. The normalized spacial score (nSPS) is 19.7. The highest BCUT2D eigenvalue weighted by Gasteiger charge is 2.39. The van der Waals surface area contributed by atoms with Gasteiger partial charge < -0.3 is 15.4 Å². The van der Waals surface area contributed by atoms with Gasteiger partial charge in [-0.1, -0.05) is 23.9 Å². The first-order valence-electron chi connectivity index (χ1n) is 11.2. The van der Waals surface area contributed by atoms with Crippen molar-refractivity contribution < 1.29 is 9.53 Å². The van der Waals surface area contributed by atoms with Gasteiger partial charge in [0.15, 0.2) is 5.17 Å². The third kappa shape index (κ3) is 4.90. The van der Waals surface area contributed by atoms with Crippen molar-refractivity contribution in [1.82, 2.24) is 14.9 Å². The van der Waals surface area contributed by atoms with Gasteiger partial charge in [0, 0.05) is 30.7 Å². The number of aryl methyl sites for hydroxylation is 1. The first kappa shape index (κ1) is 22.4. The summed E-state index contributed by atoms with van der Waals surface area (Å²) in [6, 6.07) is 15.5. The van der Waals surface area contributed by atoms with E-state index in [9.17, 15) is 4.79 Å². The fraction of sp³-hybridized carbons (Fsp3) is 0.280. The van der Waals surface area contributed by atoms with Gasteiger partial charge in [-0.2, -0.15) is 0 Å². The van der Waals surface area contributed by atoms with Crippen molar-refractivity contribution >= 4 is 39.9 Å². The Labute approximate surface area is 202 Å². The smallest absolute Gasteiger partial charge is 0.247 e. The summed E-state index contributed by atoms with van der Waals surface area (Å²) in [6.07, 6.45) is 3.42. The molecule has 0 spiro atoms. The Kier molecular flexibility index (Phi) is 6.46. The standard InChI is InChI=1S/C25H26N6O2S/c1-17-14-28-21(15-27-17)16-31-24(32)23(18-2-4-19(26)5-3-18)34-25(31)29-20-6-8-22(9-7-20)30-10-12-33-13-11-30/h2-9,14-15,23H,10-13,16,26H2,1H3/b29-25+. The number of carbonyl (C=O) groups is 1. The zero-order valence-corrected chi connectivity index (χ0v) is 19.7. The number of benzene rings is 2. The summed E-state index contributed by atoms with van der Waals surface area (Å²) < 4.78 is 5.44. The minimum absolute atomic E-state index is 0.0270. The fourth-order valence-electron chi connectivity index (χ4n) is 3.90. The fourth-order valence-corrected chi connectivity index (χ4v) is 5.07. The Morgan fingerprint density at radius 1 is 1.06 bits per heavy atom. The predicted molar refractivity (Wildman–Crippen MR) is 135 cm³/mol. The van der Waals surface area contributed by atoms with Crippen LogP contribution in [0.4, 0.5) is 17.1 Å². The topological polar surface area (TPSA) is 96.9 Å². The molecule has 2 aromatic carbocycles. The van der Waals surface area contributed by atoms with Crippen LogP contribution in [0.3, 0.4) is 0 Å². The molecule has 174 valence electrons. The molecule has 1 atom stereocenters. The highest BCUT2D eigenvalue weighted by Crippen LogP contribution is 2.41. The van der Waals surface area contributed by atoms with E-state index < -0.39 is 0 Å². The van der Waals surface area contributed by atoms with Gasteiger partial charge in [0.05, 0.1) is 43.0 Å². The number of aromatic nitrogens is 2. The molecule has 0 aliphatic carbocycles. The Balaban J connectivity index is 1.43. The first-order valence-corrected chi connectivity index (χ1v) is 12.1. The molecular weight excluding hydrogens is 448 g/mol. The Bertz CT molecular complexity index is 1180. The van der Waals surface area contributed by atoms with Gasteiger partial charge in [-0.05, 0) is 48.9 Å². The van der Waals surface area contributed by atoms with Gasteiger partial charge in [0.1, 0.15) is 5.25 Å². The van der Waals surface area contributed by atoms with Gasteiger partial charge in [-0.25, -0.2) is 4.99 Å². The highest BCUT2D eigenvalue weighted by molar-refractivity contribution is 8.15. The molecule has 2 saturated heterocycles. The van der Waals surface area contributed by atoms with Crippen LogP contribution in [0, 0.1) is 6.92 Å². The molecule has 0 saturated carbocycles. The van der Waals surface area contributed by atoms with Crippen molar-refractivity contribution in [3.63, 3.8) is 0 Å². The van der Waals surface area contributed by atoms with Gasteiger partial charge in [-0.15, -0.1) is 0 Å². The lowest BCUT2D eigenvalue weighted by Gasteiger charge is -2.28. The van der Waals surface area contributed by atoms with Crippen LogP contribution in [0.25, 0.3) is 0 Å².